The van der Waals surface area contributed by atoms with Crippen LogP contribution in [0.4, 0.5) is 0 Å². The van der Waals surface area contributed by atoms with E-state index in [1.165, 1.54) is 13.0 Å². The number of nitrogens with zero attached hydrogens (tertiary/aromatic N) is 1. The predicted molar refractivity (Wildman–Crippen MR) is 73.5 cm³/mol. The van der Waals surface area contributed by atoms with Crippen molar-refractivity contribution >= 4 is 5.91 Å². The van der Waals surface area contributed by atoms with Crippen LogP contribution in [0.1, 0.15) is 39.0 Å². The highest BCUT2D eigenvalue weighted by Gasteiger charge is 2.25. The minimum atomic E-state index is 0.201. The maximum absolute atomic E-state index is 12.1. The third kappa shape index (κ3) is 3.95. The second-order valence-corrected chi connectivity index (χ2v) is 5.67. The minimum Gasteiger partial charge on any atom is -0.353 e. The quantitative estimate of drug-likeness (QED) is 0.785. The van der Waals surface area contributed by atoms with Crippen LogP contribution in [-0.2, 0) is 4.79 Å². The van der Waals surface area contributed by atoms with Crippen LogP contribution in [0.25, 0.3) is 0 Å². The number of carbonyl (C=O) groups is 1. The summed E-state index contributed by atoms with van der Waals surface area (Å²) in [5.41, 5.74) is 0. The normalized spacial score (nSPS) is 27.1. The van der Waals surface area contributed by atoms with E-state index in [1.807, 2.05) is 0 Å². The summed E-state index contributed by atoms with van der Waals surface area (Å²) < 4.78 is 0. The maximum atomic E-state index is 12.1. The Kier molecular flexibility index (Phi) is 5.45. The molecule has 2 fully saturated rings. The lowest BCUT2D eigenvalue weighted by atomic mass is 9.97. The Morgan fingerprint density at radius 1 is 1.33 bits per heavy atom. The summed E-state index contributed by atoms with van der Waals surface area (Å²) in [6.07, 6.45) is 5.64. The first kappa shape index (κ1) is 13.8. The molecule has 0 spiro atoms. The van der Waals surface area contributed by atoms with Gasteiger partial charge in [-0.05, 0) is 45.2 Å². The average molecular weight is 253 g/mol. The summed E-state index contributed by atoms with van der Waals surface area (Å²) in [5.74, 6) is 0.476. The summed E-state index contributed by atoms with van der Waals surface area (Å²) in [7, 11) is 0. The van der Waals surface area contributed by atoms with E-state index in [0.29, 0.717) is 6.04 Å². The van der Waals surface area contributed by atoms with Gasteiger partial charge >= 0.3 is 0 Å². The van der Waals surface area contributed by atoms with Gasteiger partial charge in [0.1, 0.15) is 0 Å². The molecule has 104 valence electrons. The van der Waals surface area contributed by atoms with Gasteiger partial charge in [-0.15, -0.1) is 0 Å². The SMILES string of the molecule is CCCN1CCC(NC(=O)C2CCCNC2)CC1. The molecule has 0 aromatic rings. The number of amides is 1. The molecule has 2 aliphatic heterocycles. The highest BCUT2D eigenvalue weighted by molar-refractivity contribution is 5.79. The molecule has 0 bridgehead atoms. The van der Waals surface area contributed by atoms with Gasteiger partial charge < -0.3 is 15.5 Å². The Balaban J connectivity index is 1.68. The Morgan fingerprint density at radius 3 is 2.72 bits per heavy atom. The lowest BCUT2D eigenvalue weighted by molar-refractivity contribution is -0.126. The van der Waals surface area contributed by atoms with Gasteiger partial charge in [0.15, 0.2) is 0 Å². The molecule has 4 nitrogen and oxygen atoms in total. The first-order valence-electron chi connectivity index (χ1n) is 7.53. The van der Waals surface area contributed by atoms with E-state index in [-0.39, 0.29) is 11.8 Å². The number of carbonyl (C=O) groups excluding carboxylic acids is 1. The van der Waals surface area contributed by atoms with Crippen LogP contribution in [0.3, 0.4) is 0 Å². The molecule has 2 heterocycles. The van der Waals surface area contributed by atoms with Gasteiger partial charge in [0.05, 0.1) is 5.92 Å². The standard InChI is InChI=1S/C14H27N3O/c1-2-8-17-9-5-13(6-10-17)16-14(18)12-4-3-7-15-11-12/h12-13,15H,2-11H2,1H3,(H,16,18). The van der Waals surface area contributed by atoms with Crippen molar-refractivity contribution in [3.63, 3.8) is 0 Å². The van der Waals surface area contributed by atoms with Crippen molar-refractivity contribution in [3.05, 3.63) is 0 Å². The summed E-state index contributed by atoms with van der Waals surface area (Å²) in [5, 5.41) is 6.55. The molecular weight excluding hydrogens is 226 g/mol. The van der Waals surface area contributed by atoms with Crippen LogP contribution >= 0.6 is 0 Å². The van der Waals surface area contributed by atoms with Crippen molar-refractivity contribution in [2.75, 3.05) is 32.7 Å². The summed E-state index contributed by atoms with van der Waals surface area (Å²) in [6, 6.07) is 0.410. The summed E-state index contributed by atoms with van der Waals surface area (Å²) >= 11 is 0. The third-order valence-electron chi connectivity index (χ3n) is 4.14. The van der Waals surface area contributed by atoms with Gasteiger partial charge in [-0.1, -0.05) is 6.92 Å². The fourth-order valence-corrected chi connectivity index (χ4v) is 3.01. The zero-order valence-corrected chi connectivity index (χ0v) is 11.6. The number of hydrogen-bond donors (Lipinski definition) is 2. The Morgan fingerprint density at radius 2 is 2.11 bits per heavy atom. The van der Waals surface area contributed by atoms with Crippen LogP contribution in [0.15, 0.2) is 0 Å². The van der Waals surface area contributed by atoms with E-state index < -0.39 is 0 Å². The molecule has 0 aromatic carbocycles. The molecular formula is C14H27N3O. The van der Waals surface area contributed by atoms with Crippen LogP contribution in [-0.4, -0.2) is 49.6 Å². The van der Waals surface area contributed by atoms with Gasteiger partial charge in [-0.25, -0.2) is 0 Å². The van der Waals surface area contributed by atoms with Crippen molar-refractivity contribution in [3.8, 4) is 0 Å². The predicted octanol–water partition coefficient (Wildman–Crippen LogP) is 0.977. The number of likely N-dealkylation sites (tertiary alicyclic amines) is 1. The van der Waals surface area contributed by atoms with E-state index in [0.717, 1.165) is 51.9 Å². The van der Waals surface area contributed by atoms with E-state index >= 15 is 0 Å². The molecule has 0 saturated carbocycles. The van der Waals surface area contributed by atoms with Crippen molar-refractivity contribution < 1.29 is 4.79 Å². The van der Waals surface area contributed by atoms with Crippen LogP contribution in [0, 0.1) is 5.92 Å². The monoisotopic (exact) mass is 253 g/mol. The van der Waals surface area contributed by atoms with Crippen LogP contribution in [0.5, 0.6) is 0 Å². The molecule has 1 atom stereocenters. The van der Waals surface area contributed by atoms with Gasteiger partial charge in [-0.2, -0.15) is 0 Å². The number of hydrogen-bond acceptors (Lipinski definition) is 3. The van der Waals surface area contributed by atoms with E-state index in [2.05, 4.69) is 22.5 Å². The summed E-state index contributed by atoms with van der Waals surface area (Å²) in [6.45, 7) is 7.64. The van der Waals surface area contributed by atoms with E-state index in [4.69, 9.17) is 0 Å². The van der Waals surface area contributed by atoms with Crippen LogP contribution < -0.4 is 10.6 Å². The number of rotatable bonds is 4. The topological polar surface area (TPSA) is 44.4 Å². The first-order valence-corrected chi connectivity index (χ1v) is 7.53. The zero-order valence-electron chi connectivity index (χ0n) is 11.6. The molecule has 2 N–H and O–H groups in total. The van der Waals surface area contributed by atoms with Crippen LogP contribution in [0.2, 0.25) is 0 Å². The fourth-order valence-electron chi connectivity index (χ4n) is 3.01. The maximum Gasteiger partial charge on any atom is 0.224 e. The lowest BCUT2D eigenvalue weighted by Crippen LogP contribution is -2.48. The van der Waals surface area contributed by atoms with Crippen molar-refractivity contribution in [2.45, 2.75) is 45.1 Å². The van der Waals surface area contributed by atoms with E-state index in [9.17, 15) is 4.79 Å². The van der Waals surface area contributed by atoms with Gasteiger partial charge in [0.2, 0.25) is 5.91 Å². The molecule has 4 heteroatoms. The zero-order chi connectivity index (χ0) is 12.8. The molecule has 1 amide bonds. The second kappa shape index (κ2) is 7.10. The number of nitrogens with one attached hydrogen (secondary N) is 2. The highest BCUT2D eigenvalue weighted by atomic mass is 16.2. The fraction of sp³-hybridized carbons (Fsp3) is 0.929. The minimum absolute atomic E-state index is 0.201. The molecule has 2 rings (SSSR count). The first-order chi connectivity index (χ1) is 8.79. The highest BCUT2D eigenvalue weighted by Crippen LogP contribution is 2.14. The molecule has 2 saturated heterocycles. The van der Waals surface area contributed by atoms with Gasteiger partial charge in [0.25, 0.3) is 0 Å². The Labute approximate surface area is 110 Å². The van der Waals surface area contributed by atoms with Gasteiger partial charge in [-0.3, -0.25) is 4.79 Å². The molecule has 2 aliphatic rings. The third-order valence-corrected chi connectivity index (χ3v) is 4.14. The number of piperidine rings is 2. The molecule has 0 radical (unpaired) electrons. The molecule has 1 unspecified atom stereocenters. The Hall–Kier alpha value is -0.610. The Bertz CT molecular complexity index is 256. The molecule has 0 aromatic heterocycles. The van der Waals surface area contributed by atoms with Crippen molar-refractivity contribution in [1.29, 1.82) is 0 Å². The average Bonchev–Trinajstić information content (AvgIpc) is 2.42. The smallest absolute Gasteiger partial charge is 0.224 e. The van der Waals surface area contributed by atoms with Gasteiger partial charge in [0, 0.05) is 25.7 Å². The summed E-state index contributed by atoms with van der Waals surface area (Å²) in [4.78, 5) is 14.6. The molecule has 0 aliphatic carbocycles. The largest absolute Gasteiger partial charge is 0.353 e. The van der Waals surface area contributed by atoms with Crippen molar-refractivity contribution in [1.82, 2.24) is 15.5 Å². The van der Waals surface area contributed by atoms with Crippen molar-refractivity contribution in [2.24, 2.45) is 5.92 Å². The lowest BCUT2D eigenvalue weighted by Gasteiger charge is -2.33. The van der Waals surface area contributed by atoms with E-state index in [1.54, 1.807) is 0 Å². The second-order valence-electron chi connectivity index (χ2n) is 5.67. The molecule has 18 heavy (non-hydrogen) atoms.